The maximum Gasteiger partial charge on any atom is 0.238 e. The first-order chi connectivity index (χ1) is 10.7. The van der Waals surface area contributed by atoms with Crippen LogP contribution >= 0.6 is 11.8 Å². The van der Waals surface area contributed by atoms with Gasteiger partial charge in [-0.1, -0.05) is 12.1 Å². The molecule has 114 valence electrons. The van der Waals surface area contributed by atoms with Crippen molar-refractivity contribution in [2.45, 2.75) is 12.3 Å². The third-order valence-electron chi connectivity index (χ3n) is 3.52. The summed E-state index contributed by atoms with van der Waals surface area (Å²) in [5.41, 5.74) is 8.44. The van der Waals surface area contributed by atoms with Crippen LogP contribution in [0.25, 0.3) is 0 Å². The normalized spacial score (nSPS) is 17.8. The van der Waals surface area contributed by atoms with Gasteiger partial charge in [-0.15, -0.1) is 11.8 Å². The quantitative estimate of drug-likeness (QED) is 0.878. The molecule has 3 rings (SSSR count). The van der Waals surface area contributed by atoms with Gasteiger partial charge in [0, 0.05) is 11.4 Å². The van der Waals surface area contributed by atoms with Crippen LogP contribution in [0.1, 0.15) is 17.9 Å². The lowest BCUT2D eigenvalue weighted by Gasteiger charge is -2.24. The fraction of sp³-hybridized carbons (Fsp3) is 0.235. The minimum atomic E-state index is -0.00829. The van der Waals surface area contributed by atoms with Crippen molar-refractivity contribution in [1.29, 1.82) is 0 Å². The van der Waals surface area contributed by atoms with E-state index in [1.165, 1.54) is 0 Å². The van der Waals surface area contributed by atoms with E-state index >= 15 is 0 Å². The van der Waals surface area contributed by atoms with Crippen molar-refractivity contribution >= 4 is 29.0 Å². The van der Waals surface area contributed by atoms with Crippen molar-refractivity contribution in [3.63, 3.8) is 0 Å². The number of ether oxygens (including phenoxy) is 1. The second kappa shape index (κ2) is 6.32. The molecule has 2 aromatic carbocycles. The van der Waals surface area contributed by atoms with Crippen molar-refractivity contribution in [1.82, 2.24) is 0 Å². The molecule has 0 spiro atoms. The number of carbonyl (C=O) groups excluding carboxylic acids is 1. The second-order valence-corrected chi connectivity index (χ2v) is 6.09. The molecular weight excluding hydrogens is 296 g/mol. The standard InChI is InChI=1S/C17H18N2O2S/c1-2-21-15-9-7-14(8-10-15)19-16(20)11-22-17(19)12-3-5-13(18)6-4-12/h3-10,17H,2,11,18H2,1H3/t17-/m1/s1. The van der Waals surface area contributed by atoms with Crippen LogP contribution in [-0.4, -0.2) is 18.3 Å². The Hall–Kier alpha value is -2.14. The molecule has 4 nitrogen and oxygen atoms in total. The molecule has 0 aromatic heterocycles. The van der Waals surface area contributed by atoms with Crippen molar-refractivity contribution in [3.8, 4) is 5.75 Å². The maximum atomic E-state index is 12.3. The average molecular weight is 314 g/mol. The Morgan fingerprint density at radius 2 is 1.86 bits per heavy atom. The zero-order valence-corrected chi connectivity index (χ0v) is 13.2. The molecule has 1 amide bonds. The van der Waals surface area contributed by atoms with Crippen molar-refractivity contribution in [2.75, 3.05) is 23.0 Å². The summed E-state index contributed by atoms with van der Waals surface area (Å²) in [7, 11) is 0. The van der Waals surface area contributed by atoms with E-state index in [2.05, 4.69) is 0 Å². The molecular formula is C17H18N2O2S. The van der Waals surface area contributed by atoms with Gasteiger partial charge in [0.05, 0.1) is 12.4 Å². The number of anilines is 2. The molecule has 1 aliphatic rings. The number of carbonyl (C=O) groups is 1. The summed E-state index contributed by atoms with van der Waals surface area (Å²) in [6.45, 7) is 2.58. The van der Waals surface area contributed by atoms with Crippen LogP contribution < -0.4 is 15.4 Å². The summed E-state index contributed by atoms with van der Waals surface area (Å²) >= 11 is 1.63. The van der Waals surface area contributed by atoms with E-state index in [0.29, 0.717) is 12.4 Å². The molecule has 0 radical (unpaired) electrons. The fourth-order valence-corrected chi connectivity index (χ4v) is 3.66. The molecule has 1 atom stereocenters. The molecule has 2 aromatic rings. The smallest absolute Gasteiger partial charge is 0.238 e. The Morgan fingerprint density at radius 1 is 1.18 bits per heavy atom. The number of hydrogen-bond donors (Lipinski definition) is 1. The lowest BCUT2D eigenvalue weighted by molar-refractivity contribution is -0.115. The zero-order chi connectivity index (χ0) is 15.5. The summed E-state index contributed by atoms with van der Waals surface area (Å²) in [6, 6.07) is 15.4. The van der Waals surface area contributed by atoms with Crippen LogP contribution in [0.4, 0.5) is 11.4 Å². The summed E-state index contributed by atoms with van der Waals surface area (Å²) in [5.74, 6) is 1.42. The zero-order valence-electron chi connectivity index (χ0n) is 12.4. The molecule has 22 heavy (non-hydrogen) atoms. The number of thioether (sulfide) groups is 1. The van der Waals surface area contributed by atoms with E-state index in [0.717, 1.165) is 22.7 Å². The van der Waals surface area contributed by atoms with Crippen LogP contribution in [0.3, 0.4) is 0 Å². The lowest BCUT2D eigenvalue weighted by atomic mass is 10.1. The number of nitrogen functional groups attached to an aromatic ring is 1. The molecule has 1 saturated heterocycles. The largest absolute Gasteiger partial charge is 0.494 e. The molecule has 1 heterocycles. The van der Waals surface area contributed by atoms with Gasteiger partial charge in [-0.3, -0.25) is 9.69 Å². The van der Waals surface area contributed by atoms with E-state index in [9.17, 15) is 4.79 Å². The Bertz CT molecular complexity index is 655. The summed E-state index contributed by atoms with van der Waals surface area (Å²) in [4.78, 5) is 14.1. The predicted molar refractivity (Wildman–Crippen MR) is 91.2 cm³/mol. The fourth-order valence-electron chi connectivity index (χ4n) is 2.48. The van der Waals surface area contributed by atoms with Crippen molar-refractivity contribution in [3.05, 3.63) is 54.1 Å². The molecule has 2 N–H and O–H groups in total. The van der Waals surface area contributed by atoms with Crippen LogP contribution in [0.2, 0.25) is 0 Å². The molecule has 1 aliphatic heterocycles. The first-order valence-corrected chi connectivity index (χ1v) is 8.26. The Kier molecular flexibility index (Phi) is 4.24. The van der Waals surface area contributed by atoms with E-state index < -0.39 is 0 Å². The van der Waals surface area contributed by atoms with Gasteiger partial charge in [0.1, 0.15) is 11.1 Å². The highest BCUT2D eigenvalue weighted by molar-refractivity contribution is 8.00. The Labute approximate surface area is 134 Å². The van der Waals surface area contributed by atoms with Gasteiger partial charge in [-0.25, -0.2) is 0 Å². The van der Waals surface area contributed by atoms with E-state index in [1.54, 1.807) is 11.8 Å². The van der Waals surface area contributed by atoms with Gasteiger partial charge in [0.15, 0.2) is 0 Å². The third-order valence-corrected chi connectivity index (χ3v) is 4.73. The Balaban J connectivity index is 1.88. The molecule has 5 heteroatoms. The van der Waals surface area contributed by atoms with E-state index in [-0.39, 0.29) is 11.3 Å². The predicted octanol–water partition coefficient (Wildman–Crippen LogP) is 3.45. The molecule has 0 bridgehead atoms. The number of benzene rings is 2. The number of amides is 1. The number of nitrogens with zero attached hydrogens (tertiary/aromatic N) is 1. The Morgan fingerprint density at radius 3 is 2.50 bits per heavy atom. The number of nitrogens with two attached hydrogens (primary N) is 1. The van der Waals surface area contributed by atoms with Crippen molar-refractivity contribution < 1.29 is 9.53 Å². The maximum absolute atomic E-state index is 12.3. The van der Waals surface area contributed by atoms with Crippen LogP contribution in [-0.2, 0) is 4.79 Å². The van der Waals surface area contributed by atoms with Gasteiger partial charge in [0.25, 0.3) is 0 Å². The van der Waals surface area contributed by atoms with Crippen LogP contribution in [0.15, 0.2) is 48.5 Å². The van der Waals surface area contributed by atoms with Gasteiger partial charge in [0.2, 0.25) is 5.91 Å². The van der Waals surface area contributed by atoms with Crippen LogP contribution in [0.5, 0.6) is 5.75 Å². The SMILES string of the molecule is CCOc1ccc(N2C(=O)CS[C@@H]2c2ccc(N)cc2)cc1. The number of rotatable bonds is 4. The molecule has 1 fully saturated rings. The highest BCUT2D eigenvalue weighted by Gasteiger charge is 2.33. The van der Waals surface area contributed by atoms with Gasteiger partial charge in [-0.2, -0.15) is 0 Å². The highest BCUT2D eigenvalue weighted by atomic mass is 32.2. The first-order valence-electron chi connectivity index (χ1n) is 7.21. The average Bonchev–Trinajstić information content (AvgIpc) is 2.91. The molecule has 0 saturated carbocycles. The monoisotopic (exact) mass is 314 g/mol. The minimum absolute atomic E-state index is 0.00829. The highest BCUT2D eigenvalue weighted by Crippen LogP contribution is 2.42. The number of hydrogen-bond acceptors (Lipinski definition) is 4. The first kappa shape index (κ1) is 14.8. The lowest BCUT2D eigenvalue weighted by Crippen LogP contribution is -2.27. The molecule has 0 aliphatic carbocycles. The minimum Gasteiger partial charge on any atom is -0.494 e. The summed E-state index contributed by atoms with van der Waals surface area (Å²) in [5, 5.41) is -0.00829. The van der Waals surface area contributed by atoms with E-state index in [1.807, 2.05) is 60.4 Å². The van der Waals surface area contributed by atoms with E-state index in [4.69, 9.17) is 10.5 Å². The van der Waals surface area contributed by atoms with Gasteiger partial charge < -0.3 is 10.5 Å². The third kappa shape index (κ3) is 2.90. The second-order valence-electron chi connectivity index (χ2n) is 5.02. The molecule has 0 unspecified atom stereocenters. The van der Waals surface area contributed by atoms with Gasteiger partial charge >= 0.3 is 0 Å². The summed E-state index contributed by atoms with van der Waals surface area (Å²) < 4.78 is 5.45. The topological polar surface area (TPSA) is 55.6 Å². The van der Waals surface area contributed by atoms with Crippen molar-refractivity contribution in [2.24, 2.45) is 0 Å². The van der Waals surface area contributed by atoms with Gasteiger partial charge in [-0.05, 0) is 48.9 Å². The summed E-state index contributed by atoms with van der Waals surface area (Å²) in [6.07, 6.45) is 0. The van der Waals surface area contributed by atoms with Crippen LogP contribution in [0, 0.1) is 0 Å².